The predicted molar refractivity (Wildman–Crippen MR) is 89.6 cm³/mol. The maximum atomic E-state index is 12.4. The summed E-state index contributed by atoms with van der Waals surface area (Å²) in [6.07, 6.45) is 6.39. The topological polar surface area (TPSA) is 75.1 Å². The molecule has 1 aromatic heterocycles. The fraction of sp³-hybridized carbons (Fsp3) is 0.421. The van der Waals surface area contributed by atoms with Gasteiger partial charge in [-0.15, -0.1) is 0 Å². The van der Waals surface area contributed by atoms with Gasteiger partial charge in [0, 0.05) is 12.1 Å². The second kappa shape index (κ2) is 5.98. The van der Waals surface area contributed by atoms with Gasteiger partial charge in [-0.3, -0.25) is 4.79 Å². The molecule has 1 heterocycles. The lowest BCUT2D eigenvalue weighted by molar-refractivity contribution is 0.0189. The third kappa shape index (κ3) is 2.91. The number of benzene rings is 1. The quantitative estimate of drug-likeness (QED) is 0.905. The van der Waals surface area contributed by atoms with Gasteiger partial charge in [-0.1, -0.05) is 24.3 Å². The molecule has 0 radical (unpaired) electrons. The summed E-state index contributed by atoms with van der Waals surface area (Å²) < 4.78 is 0. The molecule has 1 unspecified atom stereocenters. The monoisotopic (exact) mass is 323 g/mol. The first-order valence-corrected chi connectivity index (χ1v) is 8.58. The van der Waals surface area contributed by atoms with Crippen LogP contribution in [-0.4, -0.2) is 27.5 Å². The van der Waals surface area contributed by atoms with Crippen LogP contribution >= 0.6 is 0 Å². The number of carbonyl (C=O) groups excluding carboxylic acids is 1. The fourth-order valence-corrected chi connectivity index (χ4v) is 3.44. The number of carbonyl (C=O) groups is 1. The molecule has 24 heavy (non-hydrogen) atoms. The summed E-state index contributed by atoms with van der Waals surface area (Å²) in [5.74, 6) is 0.910. The normalized spacial score (nSPS) is 22.7. The van der Waals surface area contributed by atoms with Gasteiger partial charge in [0.25, 0.3) is 5.91 Å². The zero-order valence-corrected chi connectivity index (χ0v) is 13.5. The van der Waals surface area contributed by atoms with Crippen molar-refractivity contribution in [3.8, 4) is 0 Å². The fourth-order valence-electron chi connectivity index (χ4n) is 3.44. The molecule has 0 saturated heterocycles. The van der Waals surface area contributed by atoms with Crippen LogP contribution in [0.2, 0.25) is 0 Å². The number of hydrogen-bond donors (Lipinski definition) is 2. The van der Waals surface area contributed by atoms with Gasteiger partial charge in [0.15, 0.2) is 0 Å². The Kier molecular flexibility index (Phi) is 3.81. The van der Waals surface area contributed by atoms with E-state index in [1.54, 1.807) is 12.3 Å². The Labute approximate surface area is 141 Å². The summed E-state index contributed by atoms with van der Waals surface area (Å²) in [6.45, 7) is 0.200. The molecule has 5 nitrogen and oxygen atoms in total. The molecule has 1 amide bonds. The molecule has 1 atom stereocenters. The van der Waals surface area contributed by atoms with Gasteiger partial charge in [0.1, 0.15) is 17.1 Å². The van der Waals surface area contributed by atoms with E-state index >= 15 is 0 Å². The van der Waals surface area contributed by atoms with Crippen molar-refractivity contribution < 1.29 is 9.90 Å². The molecule has 0 spiro atoms. The maximum absolute atomic E-state index is 12.4. The molecule has 5 heteroatoms. The van der Waals surface area contributed by atoms with Gasteiger partial charge >= 0.3 is 0 Å². The van der Waals surface area contributed by atoms with Crippen molar-refractivity contribution in [2.45, 2.75) is 43.6 Å². The molecule has 2 aliphatic rings. The Balaban J connectivity index is 1.48. The van der Waals surface area contributed by atoms with E-state index < -0.39 is 5.60 Å². The van der Waals surface area contributed by atoms with Gasteiger partial charge in [-0.25, -0.2) is 9.97 Å². The van der Waals surface area contributed by atoms with Crippen molar-refractivity contribution in [2.75, 3.05) is 6.54 Å². The Bertz CT molecular complexity index is 773. The van der Waals surface area contributed by atoms with Gasteiger partial charge in [0.05, 0.1) is 6.54 Å². The molecular weight excluding hydrogens is 302 g/mol. The number of nitrogens with one attached hydrogen (secondary N) is 1. The number of aromatic nitrogens is 2. The molecule has 2 N–H and O–H groups in total. The van der Waals surface area contributed by atoms with Crippen molar-refractivity contribution in [3.63, 3.8) is 0 Å². The lowest BCUT2D eigenvalue weighted by Gasteiger charge is -2.34. The maximum Gasteiger partial charge on any atom is 0.270 e. The number of aryl methyl sites for hydroxylation is 1. The largest absolute Gasteiger partial charge is 0.383 e. The van der Waals surface area contributed by atoms with Crippen LogP contribution < -0.4 is 5.32 Å². The van der Waals surface area contributed by atoms with Crippen molar-refractivity contribution in [3.05, 3.63) is 59.2 Å². The summed E-state index contributed by atoms with van der Waals surface area (Å²) in [7, 11) is 0. The second-order valence-electron chi connectivity index (χ2n) is 6.80. The SMILES string of the molecule is O=C(NCC1(O)CCCc2ccccc21)c1ccnc(C2CC2)n1. The minimum Gasteiger partial charge on any atom is -0.383 e. The second-order valence-corrected chi connectivity index (χ2v) is 6.80. The standard InChI is InChI=1S/C19H21N3O2/c23-18(16-9-11-20-17(22-16)14-7-8-14)21-12-19(24)10-3-5-13-4-1-2-6-15(13)19/h1-2,4,6,9,11,14,24H,3,5,7-8,10,12H2,(H,21,23). The van der Waals surface area contributed by atoms with Crippen molar-refractivity contribution in [2.24, 2.45) is 0 Å². The number of amides is 1. The van der Waals surface area contributed by atoms with Crippen molar-refractivity contribution in [1.82, 2.24) is 15.3 Å². The van der Waals surface area contributed by atoms with E-state index in [-0.39, 0.29) is 12.5 Å². The summed E-state index contributed by atoms with van der Waals surface area (Å²) >= 11 is 0. The zero-order valence-electron chi connectivity index (χ0n) is 13.5. The molecule has 124 valence electrons. The Hall–Kier alpha value is -2.27. The van der Waals surface area contributed by atoms with Crippen molar-refractivity contribution >= 4 is 5.91 Å². The Morgan fingerprint density at radius 1 is 1.29 bits per heavy atom. The van der Waals surface area contributed by atoms with E-state index in [2.05, 4.69) is 15.3 Å². The first-order chi connectivity index (χ1) is 11.7. The van der Waals surface area contributed by atoms with Gasteiger partial charge in [0.2, 0.25) is 0 Å². The van der Waals surface area contributed by atoms with Crippen molar-refractivity contribution in [1.29, 1.82) is 0 Å². The van der Waals surface area contributed by atoms with Crippen LogP contribution in [-0.2, 0) is 12.0 Å². The minimum absolute atomic E-state index is 0.200. The van der Waals surface area contributed by atoms with Crippen LogP contribution in [0, 0.1) is 0 Å². The van der Waals surface area contributed by atoms with E-state index in [1.807, 2.05) is 24.3 Å². The summed E-state index contributed by atoms with van der Waals surface area (Å²) in [5.41, 5.74) is 1.47. The van der Waals surface area contributed by atoms with Crippen LogP contribution in [0.15, 0.2) is 36.5 Å². The lowest BCUT2D eigenvalue weighted by Crippen LogP contribution is -2.43. The zero-order chi connectivity index (χ0) is 16.6. The van der Waals surface area contributed by atoms with Crippen LogP contribution in [0.3, 0.4) is 0 Å². The predicted octanol–water partition coefficient (Wildman–Crippen LogP) is 2.31. The number of fused-ring (bicyclic) bond motifs is 1. The lowest BCUT2D eigenvalue weighted by atomic mass is 9.79. The van der Waals surface area contributed by atoms with E-state index in [9.17, 15) is 9.90 Å². The number of aliphatic hydroxyl groups is 1. The number of hydrogen-bond acceptors (Lipinski definition) is 4. The first kappa shape index (κ1) is 15.3. The van der Waals surface area contributed by atoms with Crippen LogP contribution in [0.4, 0.5) is 0 Å². The molecule has 1 saturated carbocycles. The molecule has 0 bridgehead atoms. The molecule has 2 aliphatic carbocycles. The average Bonchev–Trinajstić information content (AvgIpc) is 3.46. The highest BCUT2D eigenvalue weighted by Gasteiger charge is 2.34. The highest BCUT2D eigenvalue weighted by atomic mass is 16.3. The number of nitrogens with zero attached hydrogens (tertiary/aromatic N) is 2. The molecule has 4 rings (SSSR count). The molecule has 1 aromatic carbocycles. The first-order valence-electron chi connectivity index (χ1n) is 8.58. The highest BCUT2D eigenvalue weighted by Crippen LogP contribution is 2.38. The highest BCUT2D eigenvalue weighted by molar-refractivity contribution is 5.92. The minimum atomic E-state index is -1.00. The van der Waals surface area contributed by atoms with E-state index in [0.717, 1.165) is 37.1 Å². The smallest absolute Gasteiger partial charge is 0.270 e. The van der Waals surface area contributed by atoms with Gasteiger partial charge < -0.3 is 10.4 Å². The van der Waals surface area contributed by atoms with Crippen LogP contribution in [0.25, 0.3) is 0 Å². The summed E-state index contributed by atoms with van der Waals surface area (Å²) in [4.78, 5) is 21.0. The molecule has 1 fully saturated rings. The van der Waals surface area contributed by atoms with E-state index in [4.69, 9.17) is 0 Å². The molecule has 2 aromatic rings. The number of rotatable bonds is 4. The van der Waals surface area contributed by atoms with Crippen LogP contribution in [0.5, 0.6) is 0 Å². The molecule has 0 aliphatic heterocycles. The van der Waals surface area contributed by atoms with Gasteiger partial charge in [-0.05, 0) is 49.3 Å². The summed E-state index contributed by atoms with van der Waals surface area (Å²) in [5, 5.41) is 13.9. The van der Waals surface area contributed by atoms with E-state index in [1.165, 1.54) is 5.56 Å². The third-order valence-corrected chi connectivity index (χ3v) is 4.95. The Morgan fingerprint density at radius 2 is 2.12 bits per heavy atom. The molecular formula is C19H21N3O2. The van der Waals surface area contributed by atoms with Crippen LogP contribution in [0.1, 0.15) is 59.0 Å². The summed E-state index contributed by atoms with van der Waals surface area (Å²) in [6, 6.07) is 9.55. The average molecular weight is 323 g/mol. The Morgan fingerprint density at radius 3 is 2.96 bits per heavy atom. The van der Waals surface area contributed by atoms with E-state index in [0.29, 0.717) is 18.0 Å². The van der Waals surface area contributed by atoms with Gasteiger partial charge in [-0.2, -0.15) is 0 Å². The third-order valence-electron chi connectivity index (χ3n) is 4.95.